The van der Waals surface area contributed by atoms with Gasteiger partial charge < -0.3 is 28.9 Å². The first-order valence-electron chi connectivity index (χ1n) is 14.7. The second-order valence-electron chi connectivity index (χ2n) is 10.6. The highest BCUT2D eigenvalue weighted by molar-refractivity contribution is 8.02. The van der Waals surface area contributed by atoms with Crippen molar-refractivity contribution in [3.05, 3.63) is 70.9 Å². The van der Waals surface area contributed by atoms with Crippen molar-refractivity contribution in [2.45, 2.75) is 38.5 Å². The molecule has 0 bridgehead atoms. The van der Waals surface area contributed by atoms with Crippen LogP contribution in [0.15, 0.2) is 54.0 Å². The van der Waals surface area contributed by atoms with E-state index in [2.05, 4.69) is 6.58 Å². The molecule has 1 heterocycles. The zero-order valence-corrected chi connectivity index (χ0v) is 27.1. The van der Waals surface area contributed by atoms with Gasteiger partial charge in [0.05, 0.1) is 17.9 Å². The van der Waals surface area contributed by atoms with Crippen LogP contribution in [0.5, 0.6) is 17.2 Å². The summed E-state index contributed by atoms with van der Waals surface area (Å²) in [6, 6.07) is 7.73. The molecule has 0 spiro atoms. The lowest BCUT2D eigenvalue weighted by atomic mass is 10.0. The van der Waals surface area contributed by atoms with E-state index in [-0.39, 0.29) is 18.2 Å². The number of benzene rings is 2. The lowest BCUT2D eigenvalue weighted by Crippen LogP contribution is -2.43. The van der Waals surface area contributed by atoms with Gasteiger partial charge in [0, 0.05) is 50.7 Å². The monoisotopic (exact) mass is 649 g/mol. The Hall–Kier alpha value is -3.80. The number of alkyl halides is 2. The van der Waals surface area contributed by atoms with E-state index in [0.717, 1.165) is 16.9 Å². The van der Waals surface area contributed by atoms with Crippen molar-refractivity contribution in [2.24, 2.45) is 0 Å². The molecule has 0 saturated carbocycles. The van der Waals surface area contributed by atoms with Crippen molar-refractivity contribution in [2.75, 3.05) is 64.9 Å². The molecule has 12 heteroatoms. The molecule has 45 heavy (non-hydrogen) atoms. The summed E-state index contributed by atoms with van der Waals surface area (Å²) in [7, 11) is 3.37. The standard InChI is InChI=1S/C33H42F3N3O5S/c1-6-8-26(45-5)21-43-30-10-9-23(15-32(30)42-7-2)20-37(3)33(41)27-16-31(44-25(18-34)19-35)28(36)17-29(27)38(4)24-11-13-39(22-40)14-12-24/h6,8-10,15-17,22,24-25H,1,7,11-14,18-21H2,2-5H3/b26-8-. The van der Waals surface area contributed by atoms with Crippen molar-refractivity contribution in [1.82, 2.24) is 9.80 Å². The van der Waals surface area contributed by atoms with Crippen molar-refractivity contribution >= 4 is 29.8 Å². The first-order valence-corrected chi connectivity index (χ1v) is 16.0. The fraction of sp³-hybridized carbons (Fsp3) is 0.455. The molecule has 0 N–H and O–H groups in total. The van der Waals surface area contributed by atoms with Crippen LogP contribution in [0.25, 0.3) is 0 Å². The molecule has 0 aromatic heterocycles. The van der Waals surface area contributed by atoms with E-state index < -0.39 is 36.9 Å². The van der Waals surface area contributed by atoms with Crippen LogP contribution in [0.4, 0.5) is 18.9 Å². The third-order valence-electron chi connectivity index (χ3n) is 7.50. The van der Waals surface area contributed by atoms with Gasteiger partial charge in [-0.1, -0.05) is 18.7 Å². The van der Waals surface area contributed by atoms with Gasteiger partial charge in [-0.05, 0) is 55.9 Å². The van der Waals surface area contributed by atoms with Crippen LogP contribution in [0, 0.1) is 5.82 Å². The Morgan fingerprint density at radius 1 is 1.11 bits per heavy atom. The van der Waals surface area contributed by atoms with E-state index in [0.29, 0.717) is 56.3 Å². The average Bonchev–Trinajstić information content (AvgIpc) is 3.06. The summed E-state index contributed by atoms with van der Waals surface area (Å²) in [5.74, 6) is -0.605. The molecule has 3 rings (SSSR count). The highest BCUT2D eigenvalue weighted by Gasteiger charge is 2.28. The lowest BCUT2D eigenvalue weighted by Gasteiger charge is -2.37. The highest BCUT2D eigenvalue weighted by atomic mass is 32.2. The molecule has 0 atom stereocenters. The van der Waals surface area contributed by atoms with E-state index >= 15 is 4.39 Å². The topological polar surface area (TPSA) is 71.5 Å². The highest BCUT2D eigenvalue weighted by Crippen LogP contribution is 2.34. The molecule has 0 radical (unpaired) electrons. The largest absolute Gasteiger partial charge is 0.490 e. The molecule has 2 amide bonds. The van der Waals surface area contributed by atoms with Gasteiger partial charge in [0.2, 0.25) is 6.41 Å². The summed E-state index contributed by atoms with van der Waals surface area (Å²) in [5, 5.41) is 0. The zero-order valence-electron chi connectivity index (χ0n) is 26.3. The minimum atomic E-state index is -1.49. The zero-order chi connectivity index (χ0) is 32.9. The van der Waals surface area contributed by atoms with Crippen LogP contribution >= 0.6 is 11.8 Å². The Balaban J connectivity index is 1.90. The molecule has 2 aromatic rings. The van der Waals surface area contributed by atoms with Crippen molar-refractivity contribution in [3.8, 4) is 17.2 Å². The van der Waals surface area contributed by atoms with Gasteiger partial charge in [0.15, 0.2) is 29.2 Å². The number of ether oxygens (including phenoxy) is 3. The van der Waals surface area contributed by atoms with Crippen LogP contribution in [0.1, 0.15) is 35.7 Å². The number of amides is 2. The number of hydrogen-bond donors (Lipinski definition) is 0. The molecule has 246 valence electrons. The molecule has 8 nitrogen and oxygen atoms in total. The van der Waals surface area contributed by atoms with Gasteiger partial charge in [-0.15, -0.1) is 11.8 Å². The van der Waals surface area contributed by atoms with E-state index in [9.17, 15) is 18.4 Å². The Kier molecular flexibility index (Phi) is 14.0. The van der Waals surface area contributed by atoms with Gasteiger partial charge in [-0.3, -0.25) is 9.59 Å². The van der Waals surface area contributed by atoms with Crippen LogP contribution < -0.4 is 19.1 Å². The number of thioether (sulfide) groups is 1. The Morgan fingerprint density at radius 2 is 1.82 bits per heavy atom. The number of allylic oxidation sites excluding steroid dienone is 2. The molecular formula is C33H42F3N3O5S. The SMILES string of the molecule is C=C/C=C(/COc1ccc(CN(C)C(=O)c2cc(OC(CF)CF)c(F)cc2N(C)C2CCN(C=O)CC2)cc1OCC)SC. The number of nitrogens with zero attached hydrogens (tertiary/aromatic N) is 3. The van der Waals surface area contributed by atoms with E-state index in [4.69, 9.17) is 14.2 Å². The molecular weight excluding hydrogens is 607 g/mol. The fourth-order valence-corrected chi connectivity index (χ4v) is 5.41. The number of rotatable bonds is 17. The van der Waals surface area contributed by atoms with Crippen molar-refractivity contribution in [1.29, 1.82) is 0 Å². The fourth-order valence-electron chi connectivity index (χ4n) is 5.00. The maximum atomic E-state index is 15.2. The predicted octanol–water partition coefficient (Wildman–Crippen LogP) is 6.05. The number of carbonyl (C=O) groups is 2. The summed E-state index contributed by atoms with van der Waals surface area (Å²) in [6.07, 6.45) is 6.09. The summed E-state index contributed by atoms with van der Waals surface area (Å²) >= 11 is 1.56. The third-order valence-corrected chi connectivity index (χ3v) is 8.28. The first kappa shape index (κ1) is 35.7. The lowest BCUT2D eigenvalue weighted by molar-refractivity contribution is -0.119. The van der Waals surface area contributed by atoms with Crippen LogP contribution in [-0.2, 0) is 11.3 Å². The van der Waals surface area contributed by atoms with Gasteiger partial charge in [0.25, 0.3) is 5.91 Å². The number of anilines is 1. The summed E-state index contributed by atoms with van der Waals surface area (Å²) < 4.78 is 58.8. The van der Waals surface area contributed by atoms with E-state index in [1.54, 1.807) is 49.0 Å². The Bertz CT molecular complexity index is 1330. The molecule has 1 aliphatic heterocycles. The number of hydrogen-bond acceptors (Lipinski definition) is 7. The molecule has 1 saturated heterocycles. The third kappa shape index (κ3) is 9.59. The molecule has 1 aliphatic rings. The average molecular weight is 650 g/mol. The van der Waals surface area contributed by atoms with E-state index in [1.165, 1.54) is 17.0 Å². The van der Waals surface area contributed by atoms with E-state index in [1.807, 2.05) is 30.2 Å². The van der Waals surface area contributed by atoms with Crippen molar-refractivity contribution in [3.63, 3.8) is 0 Å². The quantitative estimate of drug-likeness (QED) is 0.153. The number of likely N-dealkylation sites (tertiary alicyclic amines) is 1. The Morgan fingerprint density at radius 3 is 2.42 bits per heavy atom. The van der Waals surface area contributed by atoms with Crippen LogP contribution in [0.3, 0.4) is 0 Å². The minimum Gasteiger partial charge on any atom is -0.490 e. The summed E-state index contributed by atoms with van der Waals surface area (Å²) in [4.78, 5) is 31.1. The molecule has 2 aromatic carbocycles. The summed E-state index contributed by atoms with van der Waals surface area (Å²) in [6.45, 7) is 5.28. The second-order valence-corrected chi connectivity index (χ2v) is 11.5. The smallest absolute Gasteiger partial charge is 0.256 e. The predicted molar refractivity (Wildman–Crippen MR) is 173 cm³/mol. The van der Waals surface area contributed by atoms with Gasteiger partial charge >= 0.3 is 0 Å². The summed E-state index contributed by atoms with van der Waals surface area (Å²) in [5.41, 5.74) is 1.20. The molecule has 0 unspecified atom stereocenters. The number of halogens is 3. The van der Waals surface area contributed by atoms with Gasteiger partial charge in [0.1, 0.15) is 20.0 Å². The molecule has 1 fully saturated rings. The van der Waals surface area contributed by atoms with Gasteiger partial charge in [-0.2, -0.15) is 0 Å². The maximum absolute atomic E-state index is 15.2. The Labute approximate surface area is 267 Å². The minimum absolute atomic E-state index is 0.0668. The van der Waals surface area contributed by atoms with Crippen molar-refractivity contribution < 1.29 is 37.0 Å². The first-order chi connectivity index (χ1) is 21.7. The number of carbonyl (C=O) groups excluding carboxylic acids is 2. The number of piperidine rings is 1. The van der Waals surface area contributed by atoms with Crippen LogP contribution in [0.2, 0.25) is 0 Å². The second kappa shape index (κ2) is 17.6. The van der Waals surface area contributed by atoms with Gasteiger partial charge in [-0.25, -0.2) is 13.2 Å². The molecule has 0 aliphatic carbocycles. The maximum Gasteiger partial charge on any atom is 0.256 e. The van der Waals surface area contributed by atoms with Crippen LogP contribution in [-0.4, -0.2) is 94.3 Å². The normalized spacial score (nSPS) is 13.9.